The van der Waals surface area contributed by atoms with Crippen LogP contribution in [0.4, 0.5) is 13.2 Å². The molecule has 0 radical (unpaired) electrons. The van der Waals surface area contributed by atoms with Gasteiger partial charge in [-0.1, -0.05) is 18.7 Å². The number of benzene rings is 2. The normalized spacial score (nSPS) is 19.2. The fourth-order valence-corrected chi connectivity index (χ4v) is 3.54. The summed E-state index contributed by atoms with van der Waals surface area (Å²) in [5.74, 6) is -3.11. The minimum Gasteiger partial charge on any atom is -0.505 e. The van der Waals surface area contributed by atoms with Crippen molar-refractivity contribution in [1.29, 1.82) is 0 Å². The van der Waals surface area contributed by atoms with Gasteiger partial charge in [-0.2, -0.15) is 8.78 Å². The smallest absolute Gasteiger partial charge is 0.204 e. The third-order valence-electron chi connectivity index (χ3n) is 5.13. The Kier molecular flexibility index (Phi) is 6.49. The maximum atomic E-state index is 14.1. The molecule has 3 rings (SSSR count). The number of ether oxygens (including phenoxy) is 2. The molecule has 0 atom stereocenters. The van der Waals surface area contributed by atoms with Gasteiger partial charge in [0.25, 0.3) is 0 Å². The lowest BCUT2D eigenvalue weighted by Crippen LogP contribution is -2.19. The van der Waals surface area contributed by atoms with Gasteiger partial charge < -0.3 is 14.6 Å². The van der Waals surface area contributed by atoms with Crippen LogP contribution in [0, 0.1) is 23.4 Å². The Balaban J connectivity index is 1.53. The van der Waals surface area contributed by atoms with Gasteiger partial charge in [-0.3, -0.25) is 0 Å². The molecular formula is C22H23F3O3. The van der Waals surface area contributed by atoms with E-state index in [0.717, 1.165) is 37.3 Å². The van der Waals surface area contributed by atoms with Crippen LogP contribution in [-0.2, 0) is 0 Å². The molecule has 2 aromatic rings. The molecule has 150 valence electrons. The van der Waals surface area contributed by atoms with Crippen LogP contribution in [0.3, 0.4) is 0 Å². The lowest BCUT2D eigenvalue weighted by Gasteiger charge is -2.29. The minimum atomic E-state index is -1.30. The van der Waals surface area contributed by atoms with E-state index in [1.807, 2.05) is 6.07 Å². The summed E-state index contributed by atoms with van der Waals surface area (Å²) in [6.07, 6.45) is 5.00. The standard InChI is InChI=1S/C22H23F3O3/c1-2-11-27-19-9-7-16(12-17(19)23)15-5-3-14(4-6-15)13-28-20-10-8-18(26)21(24)22(20)25/h2,7-10,12,14-15,26H,1,3-6,11,13H2. The maximum Gasteiger partial charge on any atom is 0.204 e. The Morgan fingerprint density at radius 3 is 2.36 bits per heavy atom. The lowest BCUT2D eigenvalue weighted by molar-refractivity contribution is 0.192. The molecule has 1 aliphatic carbocycles. The second-order valence-corrected chi connectivity index (χ2v) is 7.03. The van der Waals surface area contributed by atoms with Gasteiger partial charge in [0.2, 0.25) is 11.6 Å². The average Bonchev–Trinajstić information content (AvgIpc) is 2.71. The van der Waals surface area contributed by atoms with Crippen LogP contribution in [0.5, 0.6) is 17.2 Å². The molecule has 1 fully saturated rings. The summed E-state index contributed by atoms with van der Waals surface area (Å²) in [4.78, 5) is 0. The topological polar surface area (TPSA) is 38.7 Å². The first kappa shape index (κ1) is 20.1. The molecule has 6 heteroatoms. The van der Waals surface area contributed by atoms with Crippen LogP contribution < -0.4 is 9.47 Å². The molecule has 1 aliphatic rings. The highest BCUT2D eigenvalue weighted by molar-refractivity contribution is 5.34. The molecule has 0 spiro atoms. The number of rotatable bonds is 7. The SMILES string of the molecule is C=CCOc1ccc(C2CCC(COc3ccc(O)c(F)c3F)CC2)cc1F. The predicted octanol–water partition coefficient (Wildman–Crippen LogP) is 5.73. The van der Waals surface area contributed by atoms with Gasteiger partial charge in [-0.05, 0) is 67.3 Å². The first-order valence-electron chi connectivity index (χ1n) is 9.32. The molecule has 0 aromatic heterocycles. The Labute approximate surface area is 162 Å². The van der Waals surface area contributed by atoms with Gasteiger partial charge >= 0.3 is 0 Å². The van der Waals surface area contributed by atoms with Crippen molar-refractivity contribution < 1.29 is 27.8 Å². The van der Waals surface area contributed by atoms with Crippen molar-refractivity contribution >= 4 is 0 Å². The number of aromatic hydroxyl groups is 1. The van der Waals surface area contributed by atoms with E-state index in [2.05, 4.69) is 6.58 Å². The van der Waals surface area contributed by atoms with Crippen molar-refractivity contribution in [3.05, 3.63) is 66.0 Å². The number of halogens is 3. The second kappa shape index (κ2) is 9.04. The number of hydrogen-bond donors (Lipinski definition) is 1. The monoisotopic (exact) mass is 392 g/mol. The van der Waals surface area contributed by atoms with Crippen LogP contribution in [0.1, 0.15) is 37.2 Å². The molecule has 0 aliphatic heterocycles. The number of hydrogen-bond acceptors (Lipinski definition) is 3. The highest BCUT2D eigenvalue weighted by Gasteiger charge is 2.24. The molecule has 2 aromatic carbocycles. The van der Waals surface area contributed by atoms with Gasteiger partial charge in [0, 0.05) is 0 Å². The molecule has 0 heterocycles. The van der Waals surface area contributed by atoms with E-state index in [1.54, 1.807) is 12.1 Å². The van der Waals surface area contributed by atoms with E-state index in [1.165, 1.54) is 12.1 Å². The van der Waals surface area contributed by atoms with Gasteiger partial charge in [0.05, 0.1) is 6.61 Å². The van der Waals surface area contributed by atoms with E-state index in [-0.39, 0.29) is 42.4 Å². The van der Waals surface area contributed by atoms with Gasteiger partial charge in [0.1, 0.15) is 6.61 Å². The van der Waals surface area contributed by atoms with Crippen molar-refractivity contribution in [1.82, 2.24) is 0 Å². The quantitative estimate of drug-likeness (QED) is 0.612. The summed E-state index contributed by atoms with van der Waals surface area (Å²) < 4.78 is 51.9. The van der Waals surface area contributed by atoms with Crippen molar-refractivity contribution in [2.45, 2.75) is 31.6 Å². The van der Waals surface area contributed by atoms with E-state index >= 15 is 0 Å². The Bertz CT molecular complexity index is 830. The summed E-state index contributed by atoms with van der Waals surface area (Å²) in [5, 5.41) is 9.15. The van der Waals surface area contributed by atoms with Crippen molar-refractivity contribution in [3.63, 3.8) is 0 Å². The molecule has 0 amide bonds. The molecule has 0 bridgehead atoms. The van der Waals surface area contributed by atoms with Crippen molar-refractivity contribution in [2.75, 3.05) is 13.2 Å². The van der Waals surface area contributed by atoms with Crippen LogP contribution in [0.25, 0.3) is 0 Å². The zero-order chi connectivity index (χ0) is 20.1. The summed E-state index contributed by atoms with van der Waals surface area (Å²) in [5.41, 5.74) is 0.939. The predicted molar refractivity (Wildman–Crippen MR) is 100 cm³/mol. The van der Waals surface area contributed by atoms with E-state index < -0.39 is 17.4 Å². The lowest BCUT2D eigenvalue weighted by atomic mass is 9.79. The van der Waals surface area contributed by atoms with Crippen LogP contribution >= 0.6 is 0 Å². The van der Waals surface area contributed by atoms with Crippen LogP contribution in [0.15, 0.2) is 43.0 Å². The highest BCUT2D eigenvalue weighted by Crippen LogP contribution is 2.37. The third-order valence-corrected chi connectivity index (χ3v) is 5.13. The molecule has 1 N–H and O–H groups in total. The summed E-state index contributed by atoms with van der Waals surface area (Å²) in [6, 6.07) is 7.34. The highest BCUT2D eigenvalue weighted by atomic mass is 19.2. The number of phenolic OH excluding ortho intramolecular Hbond substituents is 1. The van der Waals surface area contributed by atoms with Gasteiger partial charge in [0.15, 0.2) is 23.1 Å². The van der Waals surface area contributed by atoms with E-state index in [9.17, 15) is 13.2 Å². The third kappa shape index (κ3) is 4.61. The second-order valence-electron chi connectivity index (χ2n) is 7.03. The maximum absolute atomic E-state index is 14.1. The fourth-order valence-electron chi connectivity index (χ4n) is 3.54. The zero-order valence-corrected chi connectivity index (χ0v) is 15.5. The van der Waals surface area contributed by atoms with Crippen molar-refractivity contribution in [2.24, 2.45) is 5.92 Å². The zero-order valence-electron chi connectivity index (χ0n) is 15.5. The Hall–Kier alpha value is -2.63. The average molecular weight is 392 g/mol. The summed E-state index contributed by atoms with van der Waals surface area (Å²) >= 11 is 0. The molecular weight excluding hydrogens is 369 g/mol. The molecule has 0 saturated heterocycles. The molecule has 0 unspecified atom stereocenters. The van der Waals surface area contributed by atoms with Crippen LogP contribution in [0.2, 0.25) is 0 Å². The van der Waals surface area contributed by atoms with Crippen LogP contribution in [-0.4, -0.2) is 18.3 Å². The van der Waals surface area contributed by atoms with E-state index in [4.69, 9.17) is 14.6 Å². The molecule has 28 heavy (non-hydrogen) atoms. The largest absolute Gasteiger partial charge is 0.505 e. The molecule has 3 nitrogen and oxygen atoms in total. The summed E-state index contributed by atoms with van der Waals surface area (Å²) in [7, 11) is 0. The first-order chi connectivity index (χ1) is 13.5. The Morgan fingerprint density at radius 1 is 0.964 bits per heavy atom. The molecule has 1 saturated carbocycles. The summed E-state index contributed by atoms with van der Waals surface area (Å²) in [6.45, 7) is 4.07. The Morgan fingerprint density at radius 2 is 1.68 bits per heavy atom. The van der Waals surface area contributed by atoms with E-state index in [0.29, 0.717) is 0 Å². The first-order valence-corrected chi connectivity index (χ1v) is 9.32. The fraction of sp³-hybridized carbons (Fsp3) is 0.364. The minimum absolute atomic E-state index is 0.199. The van der Waals surface area contributed by atoms with Gasteiger partial charge in [-0.25, -0.2) is 4.39 Å². The van der Waals surface area contributed by atoms with Gasteiger partial charge in [-0.15, -0.1) is 0 Å². The van der Waals surface area contributed by atoms with Crippen molar-refractivity contribution in [3.8, 4) is 17.2 Å². The number of phenols is 1.